The SMILES string of the molecule is C[C@H]1OCCN[C@@H]1C(=O)Nc1ccc(NC(=O)NC2CC2)cc1. The monoisotopic (exact) mass is 318 g/mol. The molecular formula is C16H22N4O3. The van der Waals surface area contributed by atoms with E-state index in [1.54, 1.807) is 24.3 Å². The van der Waals surface area contributed by atoms with E-state index in [-0.39, 0.29) is 24.1 Å². The van der Waals surface area contributed by atoms with Gasteiger partial charge in [-0.1, -0.05) is 0 Å². The molecule has 4 N–H and O–H groups in total. The van der Waals surface area contributed by atoms with E-state index in [0.29, 0.717) is 30.6 Å². The summed E-state index contributed by atoms with van der Waals surface area (Å²) in [6.07, 6.45) is 1.95. The van der Waals surface area contributed by atoms with E-state index >= 15 is 0 Å². The third kappa shape index (κ3) is 4.43. The second-order valence-corrected chi connectivity index (χ2v) is 5.95. The van der Waals surface area contributed by atoms with Gasteiger partial charge in [-0.15, -0.1) is 0 Å². The van der Waals surface area contributed by atoms with E-state index in [4.69, 9.17) is 4.74 Å². The average molecular weight is 318 g/mol. The first-order valence-electron chi connectivity index (χ1n) is 7.95. The summed E-state index contributed by atoms with van der Waals surface area (Å²) in [5.74, 6) is -0.121. The standard InChI is InChI=1S/C16H22N4O3/c1-10-14(17-8-9-23-10)15(21)18-11-2-4-12(5-3-11)19-16(22)20-13-6-7-13/h2-5,10,13-14,17H,6-9H2,1H3,(H,18,21)(H2,19,20,22)/t10-,14+/m1/s1. The van der Waals surface area contributed by atoms with Gasteiger partial charge in [-0.2, -0.15) is 0 Å². The number of amides is 3. The van der Waals surface area contributed by atoms with Gasteiger partial charge in [0, 0.05) is 24.0 Å². The molecule has 0 spiro atoms. The van der Waals surface area contributed by atoms with Gasteiger partial charge in [-0.3, -0.25) is 4.79 Å². The summed E-state index contributed by atoms with van der Waals surface area (Å²) in [5.41, 5.74) is 1.37. The second kappa shape index (κ2) is 6.97. The highest BCUT2D eigenvalue weighted by Crippen LogP contribution is 2.19. The van der Waals surface area contributed by atoms with Crippen LogP contribution in [0.2, 0.25) is 0 Å². The Bertz CT molecular complexity index is 571. The number of carbonyl (C=O) groups excluding carboxylic acids is 2. The van der Waals surface area contributed by atoms with E-state index in [0.717, 1.165) is 12.8 Å². The van der Waals surface area contributed by atoms with Crippen LogP contribution in [0.5, 0.6) is 0 Å². The van der Waals surface area contributed by atoms with Crippen molar-refractivity contribution in [1.29, 1.82) is 0 Å². The van der Waals surface area contributed by atoms with E-state index in [1.165, 1.54) is 0 Å². The van der Waals surface area contributed by atoms with Crippen molar-refractivity contribution in [2.24, 2.45) is 0 Å². The summed E-state index contributed by atoms with van der Waals surface area (Å²) in [6.45, 7) is 3.16. The fourth-order valence-electron chi connectivity index (χ4n) is 2.46. The number of hydrogen-bond donors (Lipinski definition) is 4. The van der Waals surface area contributed by atoms with Crippen LogP contribution in [0.3, 0.4) is 0 Å². The van der Waals surface area contributed by atoms with Crippen LogP contribution in [0.1, 0.15) is 19.8 Å². The summed E-state index contributed by atoms with van der Waals surface area (Å²) in [6, 6.07) is 6.82. The first-order valence-corrected chi connectivity index (χ1v) is 7.95. The van der Waals surface area contributed by atoms with Crippen molar-refractivity contribution in [1.82, 2.24) is 10.6 Å². The third-order valence-corrected chi connectivity index (χ3v) is 3.92. The molecule has 2 aliphatic rings. The molecule has 1 aromatic carbocycles. The van der Waals surface area contributed by atoms with Gasteiger partial charge in [0.15, 0.2) is 0 Å². The van der Waals surface area contributed by atoms with E-state index in [2.05, 4.69) is 21.3 Å². The lowest BCUT2D eigenvalue weighted by Gasteiger charge is -2.29. The number of anilines is 2. The molecule has 0 bridgehead atoms. The zero-order chi connectivity index (χ0) is 16.2. The number of ether oxygens (including phenoxy) is 1. The molecule has 1 aromatic rings. The number of rotatable bonds is 4. The predicted molar refractivity (Wildman–Crippen MR) is 87.5 cm³/mol. The number of carbonyl (C=O) groups is 2. The molecule has 1 aliphatic carbocycles. The van der Waals surface area contributed by atoms with Crippen LogP contribution in [0.25, 0.3) is 0 Å². The van der Waals surface area contributed by atoms with Crippen LogP contribution in [0, 0.1) is 0 Å². The average Bonchev–Trinajstić information content (AvgIpc) is 3.33. The Balaban J connectivity index is 1.52. The van der Waals surface area contributed by atoms with Gasteiger partial charge in [0.2, 0.25) is 5.91 Å². The van der Waals surface area contributed by atoms with Crippen molar-refractivity contribution >= 4 is 23.3 Å². The summed E-state index contributed by atoms with van der Waals surface area (Å²) in [4.78, 5) is 23.9. The maximum absolute atomic E-state index is 12.2. The van der Waals surface area contributed by atoms with Crippen molar-refractivity contribution in [2.75, 3.05) is 23.8 Å². The number of nitrogens with one attached hydrogen (secondary N) is 4. The maximum atomic E-state index is 12.2. The third-order valence-electron chi connectivity index (χ3n) is 3.92. The summed E-state index contributed by atoms with van der Waals surface area (Å²) < 4.78 is 5.47. The number of urea groups is 1. The normalized spacial score (nSPS) is 23.9. The highest BCUT2D eigenvalue weighted by molar-refractivity contribution is 5.96. The van der Waals surface area contributed by atoms with Crippen LogP contribution < -0.4 is 21.3 Å². The van der Waals surface area contributed by atoms with Crippen LogP contribution in [0.4, 0.5) is 16.2 Å². The first kappa shape index (κ1) is 15.8. The van der Waals surface area contributed by atoms with Crippen LogP contribution in [-0.4, -0.2) is 43.3 Å². The molecule has 3 amide bonds. The van der Waals surface area contributed by atoms with Crippen molar-refractivity contribution in [2.45, 2.75) is 38.0 Å². The van der Waals surface area contributed by atoms with Gasteiger partial charge < -0.3 is 26.0 Å². The van der Waals surface area contributed by atoms with E-state index < -0.39 is 0 Å². The van der Waals surface area contributed by atoms with E-state index in [9.17, 15) is 9.59 Å². The molecule has 3 rings (SSSR count). The molecule has 0 aromatic heterocycles. The minimum atomic E-state index is -0.356. The molecule has 23 heavy (non-hydrogen) atoms. The Morgan fingerprint density at radius 3 is 2.39 bits per heavy atom. The lowest BCUT2D eigenvalue weighted by Crippen LogP contribution is -2.53. The van der Waals surface area contributed by atoms with Crippen molar-refractivity contribution in [3.8, 4) is 0 Å². The molecule has 1 saturated heterocycles. The van der Waals surface area contributed by atoms with Gasteiger partial charge in [-0.05, 0) is 44.0 Å². The summed E-state index contributed by atoms with van der Waals surface area (Å²) in [7, 11) is 0. The van der Waals surface area contributed by atoms with Gasteiger partial charge in [0.25, 0.3) is 0 Å². The van der Waals surface area contributed by atoms with Gasteiger partial charge in [0.1, 0.15) is 6.04 Å². The molecule has 0 unspecified atom stereocenters. The maximum Gasteiger partial charge on any atom is 0.319 e. The Morgan fingerprint density at radius 1 is 1.13 bits per heavy atom. The lowest BCUT2D eigenvalue weighted by molar-refractivity contribution is -0.123. The Morgan fingerprint density at radius 2 is 1.78 bits per heavy atom. The first-order chi connectivity index (χ1) is 11.1. The van der Waals surface area contributed by atoms with E-state index in [1.807, 2.05) is 6.92 Å². The minimum Gasteiger partial charge on any atom is -0.375 e. The molecule has 1 saturated carbocycles. The topological polar surface area (TPSA) is 91.5 Å². The number of benzene rings is 1. The summed E-state index contributed by atoms with van der Waals surface area (Å²) >= 11 is 0. The highest BCUT2D eigenvalue weighted by atomic mass is 16.5. The molecule has 7 heteroatoms. The highest BCUT2D eigenvalue weighted by Gasteiger charge is 2.28. The molecule has 1 heterocycles. The van der Waals surface area contributed by atoms with Crippen molar-refractivity contribution in [3.05, 3.63) is 24.3 Å². The Hall–Kier alpha value is -2.12. The zero-order valence-electron chi connectivity index (χ0n) is 13.1. The largest absolute Gasteiger partial charge is 0.375 e. The fraction of sp³-hybridized carbons (Fsp3) is 0.500. The molecule has 0 radical (unpaired) electrons. The fourth-order valence-corrected chi connectivity index (χ4v) is 2.46. The zero-order valence-corrected chi connectivity index (χ0v) is 13.1. The number of morpholine rings is 1. The smallest absolute Gasteiger partial charge is 0.319 e. The summed E-state index contributed by atoms with van der Waals surface area (Å²) in [5, 5.41) is 11.6. The molecular weight excluding hydrogens is 296 g/mol. The van der Waals surface area contributed by atoms with Crippen molar-refractivity contribution in [3.63, 3.8) is 0 Å². The lowest BCUT2D eigenvalue weighted by atomic mass is 10.1. The molecule has 1 aliphatic heterocycles. The van der Waals surface area contributed by atoms with Gasteiger partial charge in [0.05, 0.1) is 12.7 Å². The molecule has 2 atom stereocenters. The predicted octanol–water partition coefficient (Wildman–Crippen LogP) is 1.29. The van der Waals surface area contributed by atoms with Crippen LogP contribution in [-0.2, 0) is 9.53 Å². The Kier molecular flexibility index (Phi) is 4.78. The quantitative estimate of drug-likeness (QED) is 0.673. The Labute approximate surface area is 135 Å². The molecule has 124 valence electrons. The minimum absolute atomic E-state index is 0.121. The van der Waals surface area contributed by atoms with Crippen molar-refractivity contribution < 1.29 is 14.3 Å². The van der Waals surface area contributed by atoms with Gasteiger partial charge >= 0.3 is 6.03 Å². The van der Waals surface area contributed by atoms with Crippen LogP contribution in [0.15, 0.2) is 24.3 Å². The second-order valence-electron chi connectivity index (χ2n) is 5.95. The number of hydrogen-bond acceptors (Lipinski definition) is 4. The van der Waals surface area contributed by atoms with Gasteiger partial charge in [-0.25, -0.2) is 4.79 Å². The van der Waals surface area contributed by atoms with Crippen LogP contribution >= 0.6 is 0 Å². The molecule has 2 fully saturated rings. The molecule has 7 nitrogen and oxygen atoms in total.